The maximum Gasteiger partial charge on any atom is 0.317 e. The van der Waals surface area contributed by atoms with Gasteiger partial charge in [0.1, 0.15) is 0 Å². The number of nitrogens with zero attached hydrogens (tertiary/aromatic N) is 1. The standard InChI is InChI=1S/C12H22N2O4/c1-18-9-7-13-12(17)14-8-3-2-4-10(14)5-6-11(15)16/h10H,2-9H2,1H3,(H,13,17)(H,15,16). The van der Waals surface area contributed by atoms with Gasteiger partial charge in [-0.3, -0.25) is 4.79 Å². The molecule has 0 saturated carbocycles. The van der Waals surface area contributed by atoms with Crippen LogP contribution in [0, 0.1) is 0 Å². The molecule has 6 heteroatoms. The van der Waals surface area contributed by atoms with Crippen molar-refractivity contribution in [1.29, 1.82) is 0 Å². The second kappa shape index (κ2) is 7.92. The predicted molar refractivity (Wildman–Crippen MR) is 66.5 cm³/mol. The Morgan fingerprint density at radius 2 is 2.22 bits per heavy atom. The van der Waals surface area contributed by atoms with Crippen LogP contribution in [0.1, 0.15) is 32.1 Å². The first-order valence-corrected chi connectivity index (χ1v) is 6.40. The second-order valence-corrected chi connectivity index (χ2v) is 4.50. The van der Waals surface area contributed by atoms with E-state index in [2.05, 4.69) is 5.32 Å². The van der Waals surface area contributed by atoms with Crippen LogP contribution in [0.15, 0.2) is 0 Å². The summed E-state index contributed by atoms with van der Waals surface area (Å²) < 4.78 is 4.87. The van der Waals surface area contributed by atoms with Crippen LogP contribution in [-0.2, 0) is 9.53 Å². The molecular formula is C12H22N2O4. The van der Waals surface area contributed by atoms with Crippen molar-refractivity contribution in [1.82, 2.24) is 10.2 Å². The number of methoxy groups -OCH3 is 1. The number of nitrogens with one attached hydrogen (secondary N) is 1. The van der Waals surface area contributed by atoms with Gasteiger partial charge in [-0.1, -0.05) is 0 Å². The molecule has 0 aromatic rings. The summed E-state index contributed by atoms with van der Waals surface area (Å²) in [6.45, 7) is 1.68. The number of ether oxygens (including phenoxy) is 1. The van der Waals surface area contributed by atoms with Crippen molar-refractivity contribution in [2.45, 2.75) is 38.1 Å². The molecule has 0 spiro atoms. The van der Waals surface area contributed by atoms with E-state index in [4.69, 9.17) is 9.84 Å². The lowest BCUT2D eigenvalue weighted by molar-refractivity contribution is -0.137. The van der Waals surface area contributed by atoms with Crippen molar-refractivity contribution < 1.29 is 19.4 Å². The lowest BCUT2D eigenvalue weighted by Crippen LogP contribution is -2.49. The highest BCUT2D eigenvalue weighted by atomic mass is 16.5. The Bertz CT molecular complexity index is 283. The monoisotopic (exact) mass is 258 g/mol. The van der Waals surface area contributed by atoms with Gasteiger partial charge in [0.15, 0.2) is 0 Å². The molecule has 1 saturated heterocycles. The lowest BCUT2D eigenvalue weighted by Gasteiger charge is -2.35. The number of likely N-dealkylation sites (tertiary alicyclic amines) is 1. The molecule has 1 aliphatic heterocycles. The molecule has 2 N–H and O–H groups in total. The number of piperidine rings is 1. The molecule has 1 fully saturated rings. The smallest absolute Gasteiger partial charge is 0.317 e. The first kappa shape index (κ1) is 14.8. The average molecular weight is 258 g/mol. The van der Waals surface area contributed by atoms with E-state index in [-0.39, 0.29) is 18.5 Å². The first-order chi connectivity index (χ1) is 8.65. The van der Waals surface area contributed by atoms with Gasteiger partial charge >= 0.3 is 12.0 Å². The molecule has 1 rings (SSSR count). The minimum absolute atomic E-state index is 0.0531. The summed E-state index contributed by atoms with van der Waals surface area (Å²) in [5.74, 6) is -0.805. The fraction of sp³-hybridized carbons (Fsp3) is 0.833. The van der Waals surface area contributed by atoms with E-state index in [1.807, 2.05) is 0 Å². The molecule has 1 aliphatic rings. The highest BCUT2D eigenvalue weighted by Crippen LogP contribution is 2.20. The van der Waals surface area contributed by atoms with Crippen LogP contribution in [0.3, 0.4) is 0 Å². The Hall–Kier alpha value is -1.30. The Balaban J connectivity index is 2.42. The molecule has 18 heavy (non-hydrogen) atoms. The SMILES string of the molecule is COCCNC(=O)N1CCCCC1CCC(=O)O. The van der Waals surface area contributed by atoms with Gasteiger partial charge < -0.3 is 20.1 Å². The Kier molecular flexibility index (Phi) is 6.49. The van der Waals surface area contributed by atoms with Gasteiger partial charge in [-0.25, -0.2) is 4.79 Å². The van der Waals surface area contributed by atoms with Gasteiger partial charge in [0, 0.05) is 32.7 Å². The number of hydrogen-bond donors (Lipinski definition) is 2. The Labute approximate surface area is 107 Å². The lowest BCUT2D eigenvalue weighted by atomic mass is 9.98. The molecule has 104 valence electrons. The van der Waals surface area contributed by atoms with Crippen molar-refractivity contribution in [3.8, 4) is 0 Å². The van der Waals surface area contributed by atoms with E-state index in [9.17, 15) is 9.59 Å². The second-order valence-electron chi connectivity index (χ2n) is 4.50. The molecule has 1 unspecified atom stereocenters. The minimum atomic E-state index is -0.805. The topological polar surface area (TPSA) is 78.9 Å². The van der Waals surface area contributed by atoms with Crippen molar-refractivity contribution >= 4 is 12.0 Å². The zero-order chi connectivity index (χ0) is 13.4. The molecule has 1 heterocycles. The number of carbonyl (C=O) groups excluding carboxylic acids is 1. The maximum absolute atomic E-state index is 11.9. The van der Waals surface area contributed by atoms with E-state index in [1.54, 1.807) is 12.0 Å². The molecule has 0 aliphatic carbocycles. The van der Waals surface area contributed by atoms with Crippen molar-refractivity contribution in [2.24, 2.45) is 0 Å². The number of hydrogen-bond acceptors (Lipinski definition) is 3. The number of amides is 2. The van der Waals surface area contributed by atoms with Crippen LogP contribution in [0.2, 0.25) is 0 Å². The first-order valence-electron chi connectivity index (χ1n) is 6.40. The summed E-state index contributed by atoms with van der Waals surface area (Å²) in [6.07, 6.45) is 3.60. The molecule has 0 radical (unpaired) electrons. The van der Waals surface area contributed by atoms with Crippen molar-refractivity contribution in [2.75, 3.05) is 26.8 Å². The zero-order valence-corrected chi connectivity index (χ0v) is 10.9. The summed E-state index contributed by atoms with van der Waals surface area (Å²) in [4.78, 5) is 24.3. The maximum atomic E-state index is 11.9. The largest absolute Gasteiger partial charge is 0.481 e. The van der Waals surface area contributed by atoms with Crippen LogP contribution in [0.25, 0.3) is 0 Å². The van der Waals surface area contributed by atoms with Gasteiger partial charge in [-0.05, 0) is 25.7 Å². The van der Waals surface area contributed by atoms with Gasteiger partial charge in [0.05, 0.1) is 6.61 Å². The fourth-order valence-corrected chi connectivity index (χ4v) is 2.22. The van der Waals surface area contributed by atoms with E-state index in [0.717, 1.165) is 19.3 Å². The fourth-order valence-electron chi connectivity index (χ4n) is 2.22. The molecule has 0 aromatic carbocycles. The van der Waals surface area contributed by atoms with E-state index in [0.29, 0.717) is 26.1 Å². The summed E-state index contributed by atoms with van der Waals surface area (Å²) >= 11 is 0. The van der Waals surface area contributed by atoms with E-state index >= 15 is 0 Å². The van der Waals surface area contributed by atoms with Crippen molar-refractivity contribution in [3.63, 3.8) is 0 Å². The quantitative estimate of drug-likeness (QED) is 0.698. The number of rotatable bonds is 6. The van der Waals surface area contributed by atoms with Crippen LogP contribution in [0.5, 0.6) is 0 Å². The van der Waals surface area contributed by atoms with Crippen LogP contribution in [0.4, 0.5) is 4.79 Å². The molecule has 1 atom stereocenters. The highest BCUT2D eigenvalue weighted by Gasteiger charge is 2.26. The zero-order valence-electron chi connectivity index (χ0n) is 10.9. The number of aliphatic carboxylic acids is 1. The molecule has 2 amide bonds. The number of carboxylic acid groups (broad SMARTS) is 1. The highest BCUT2D eigenvalue weighted by molar-refractivity contribution is 5.74. The predicted octanol–water partition coefficient (Wildman–Crippen LogP) is 1.06. The molecule has 0 aromatic heterocycles. The third-order valence-corrected chi connectivity index (χ3v) is 3.16. The normalized spacial score (nSPS) is 19.6. The molecule has 0 bridgehead atoms. The third kappa shape index (κ3) is 4.91. The Morgan fingerprint density at radius 3 is 2.89 bits per heavy atom. The van der Waals surface area contributed by atoms with Crippen LogP contribution < -0.4 is 5.32 Å². The number of urea groups is 1. The minimum Gasteiger partial charge on any atom is -0.481 e. The molecular weight excluding hydrogens is 236 g/mol. The average Bonchev–Trinajstić information content (AvgIpc) is 2.37. The van der Waals surface area contributed by atoms with Crippen molar-refractivity contribution in [3.05, 3.63) is 0 Å². The summed E-state index contributed by atoms with van der Waals surface area (Å²) in [5.41, 5.74) is 0. The number of carboxylic acids is 1. The Morgan fingerprint density at radius 1 is 1.44 bits per heavy atom. The van der Waals surface area contributed by atoms with Gasteiger partial charge in [0.25, 0.3) is 0 Å². The molecule has 6 nitrogen and oxygen atoms in total. The van der Waals surface area contributed by atoms with Crippen LogP contribution >= 0.6 is 0 Å². The van der Waals surface area contributed by atoms with E-state index in [1.165, 1.54) is 0 Å². The third-order valence-electron chi connectivity index (χ3n) is 3.16. The van der Waals surface area contributed by atoms with Gasteiger partial charge in [-0.15, -0.1) is 0 Å². The number of carbonyl (C=O) groups is 2. The summed E-state index contributed by atoms with van der Waals surface area (Å²) in [6, 6.07) is -0.0560. The summed E-state index contributed by atoms with van der Waals surface area (Å²) in [7, 11) is 1.59. The van der Waals surface area contributed by atoms with Gasteiger partial charge in [0.2, 0.25) is 0 Å². The summed E-state index contributed by atoms with van der Waals surface area (Å²) in [5, 5.41) is 11.5. The van der Waals surface area contributed by atoms with Crippen LogP contribution in [-0.4, -0.2) is 54.9 Å². The van der Waals surface area contributed by atoms with E-state index < -0.39 is 5.97 Å². The van der Waals surface area contributed by atoms with Gasteiger partial charge in [-0.2, -0.15) is 0 Å².